The maximum Gasteiger partial charge on any atom is 0.323 e. The van der Waals surface area contributed by atoms with Gasteiger partial charge in [0.2, 0.25) is 0 Å². The van der Waals surface area contributed by atoms with Crippen molar-refractivity contribution in [1.82, 2.24) is 0 Å². The summed E-state index contributed by atoms with van der Waals surface area (Å²) < 4.78 is 11.5. The van der Waals surface area contributed by atoms with Gasteiger partial charge in [-0.05, 0) is 31.6 Å². The largest absolute Gasteiger partial charge is 0.459 e. The summed E-state index contributed by atoms with van der Waals surface area (Å²) in [6, 6.07) is -0.483. The van der Waals surface area contributed by atoms with Gasteiger partial charge in [0.25, 0.3) is 0 Å². The zero-order chi connectivity index (χ0) is 14.4. The Hall–Kier alpha value is -0.320. The predicted molar refractivity (Wildman–Crippen MR) is 83.0 cm³/mol. The summed E-state index contributed by atoms with van der Waals surface area (Å²) in [5, 5.41) is 0. The number of hydrogen-bond donors (Lipinski definition) is 1. The van der Waals surface area contributed by atoms with Crippen LogP contribution < -0.4 is 5.73 Å². The molecule has 2 N–H and O–H groups in total. The van der Waals surface area contributed by atoms with E-state index in [1.807, 2.05) is 6.92 Å². The van der Waals surface area contributed by atoms with Gasteiger partial charge >= 0.3 is 5.97 Å². The summed E-state index contributed by atoms with van der Waals surface area (Å²) in [5.41, 5.74) is 5.82. The molecule has 0 unspecified atom stereocenters. The Balaban J connectivity index is 0.00000361. The third-order valence-electron chi connectivity index (χ3n) is 3.77. The van der Waals surface area contributed by atoms with Crippen LogP contribution in [0.15, 0.2) is 0 Å². The number of nitrogens with two attached hydrogens (primary N) is 1. The average Bonchev–Trinajstić information content (AvgIpc) is 2.39. The van der Waals surface area contributed by atoms with Crippen molar-refractivity contribution in [3.8, 4) is 0 Å². The molecule has 1 heterocycles. The van der Waals surface area contributed by atoms with Crippen LogP contribution in [0, 0.1) is 11.8 Å². The van der Waals surface area contributed by atoms with Gasteiger partial charge in [0.05, 0.1) is 6.10 Å². The summed E-state index contributed by atoms with van der Waals surface area (Å²) in [6.45, 7) is 9.05. The molecule has 0 saturated carbocycles. The van der Waals surface area contributed by atoms with E-state index in [1.54, 1.807) is 0 Å². The topological polar surface area (TPSA) is 61.6 Å². The molecule has 5 heteroatoms. The van der Waals surface area contributed by atoms with Crippen LogP contribution in [0.3, 0.4) is 0 Å². The fourth-order valence-electron chi connectivity index (χ4n) is 2.61. The van der Waals surface area contributed by atoms with Gasteiger partial charge in [-0.15, -0.1) is 12.4 Å². The first kappa shape index (κ1) is 19.7. The van der Waals surface area contributed by atoms with E-state index in [0.29, 0.717) is 24.9 Å². The number of carbonyl (C=O) groups excluding carboxylic acids is 1. The second-order valence-electron chi connectivity index (χ2n) is 6.04. The first-order valence-electron chi connectivity index (χ1n) is 7.53. The van der Waals surface area contributed by atoms with Crippen LogP contribution in [0.5, 0.6) is 0 Å². The fourth-order valence-corrected chi connectivity index (χ4v) is 2.61. The Morgan fingerprint density at radius 1 is 1.40 bits per heavy atom. The molecular formula is C15H30ClNO3. The van der Waals surface area contributed by atoms with Crippen molar-refractivity contribution in [2.75, 3.05) is 6.61 Å². The number of carbonyl (C=O) groups is 1. The Morgan fingerprint density at radius 3 is 2.60 bits per heavy atom. The van der Waals surface area contributed by atoms with Crippen molar-refractivity contribution in [3.05, 3.63) is 0 Å². The molecule has 1 aliphatic heterocycles. The molecule has 1 aliphatic rings. The molecule has 0 amide bonds. The molecule has 0 spiro atoms. The molecule has 4 nitrogen and oxygen atoms in total. The van der Waals surface area contributed by atoms with E-state index in [9.17, 15) is 4.79 Å². The average molecular weight is 308 g/mol. The summed E-state index contributed by atoms with van der Waals surface area (Å²) in [5.74, 6) is 0.629. The van der Waals surface area contributed by atoms with Crippen molar-refractivity contribution < 1.29 is 14.3 Å². The van der Waals surface area contributed by atoms with Crippen LogP contribution in [0.4, 0.5) is 0 Å². The van der Waals surface area contributed by atoms with E-state index in [0.717, 1.165) is 19.3 Å². The normalized spacial score (nSPS) is 31.8. The molecule has 1 saturated heterocycles. The van der Waals surface area contributed by atoms with Crippen LogP contribution in [-0.2, 0) is 14.3 Å². The molecule has 0 radical (unpaired) electrons. The highest BCUT2D eigenvalue weighted by molar-refractivity contribution is 5.85. The molecule has 0 bridgehead atoms. The lowest BCUT2D eigenvalue weighted by molar-refractivity contribution is -0.160. The van der Waals surface area contributed by atoms with E-state index in [4.69, 9.17) is 15.2 Å². The van der Waals surface area contributed by atoms with E-state index in [-0.39, 0.29) is 30.6 Å². The van der Waals surface area contributed by atoms with Crippen molar-refractivity contribution >= 4 is 18.4 Å². The minimum atomic E-state index is -0.483. The van der Waals surface area contributed by atoms with E-state index < -0.39 is 6.04 Å². The Labute approximate surface area is 129 Å². The minimum Gasteiger partial charge on any atom is -0.459 e. The Morgan fingerprint density at radius 2 is 2.05 bits per heavy atom. The third kappa shape index (κ3) is 5.98. The zero-order valence-electron chi connectivity index (χ0n) is 13.1. The number of rotatable bonds is 4. The maximum atomic E-state index is 11.8. The summed E-state index contributed by atoms with van der Waals surface area (Å²) >= 11 is 0. The standard InChI is InChI=1S/C15H29NO3.ClH/c1-5-12-7-6-8-13(16)15(17)19-11(4)14(12)18-9-10(2)3;/h10-14H,5-9,16H2,1-4H3;1H/t11-,12-,13-,14-;/m0./s1. The maximum absolute atomic E-state index is 11.8. The van der Waals surface area contributed by atoms with Gasteiger partial charge in [-0.1, -0.05) is 33.6 Å². The summed E-state index contributed by atoms with van der Waals surface area (Å²) in [7, 11) is 0. The highest BCUT2D eigenvalue weighted by atomic mass is 35.5. The van der Waals surface area contributed by atoms with Crippen molar-refractivity contribution in [1.29, 1.82) is 0 Å². The van der Waals surface area contributed by atoms with Crippen molar-refractivity contribution in [3.63, 3.8) is 0 Å². The summed E-state index contributed by atoms with van der Waals surface area (Å²) in [4.78, 5) is 11.8. The number of halogens is 1. The first-order valence-corrected chi connectivity index (χ1v) is 7.53. The van der Waals surface area contributed by atoms with Crippen LogP contribution in [-0.4, -0.2) is 30.8 Å². The monoisotopic (exact) mass is 307 g/mol. The SMILES string of the molecule is CC[C@H]1CCC[C@H](N)C(=O)O[C@@H](C)[C@@H]1OCC(C)C.Cl. The number of hydrogen-bond acceptors (Lipinski definition) is 4. The highest BCUT2D eigenvalue weighted by Crippen LogP contribution is 2.26. The number of ether oxygens (including phenoxy) is 2. The van der Waals surface area contributed by atoms with Gasteiger partial charge in [0.1, 0.15) is 12.1 Å². The predicted octanol–water partition coefficient (Wildman–Crippen LogP) is 2.92. The Kier molecular flexibility index (Phi) is 9.43. The molecule has 120 valence electrons. The molecule has 1 rings (SSSR count). The quantitative estimate of drug-likeness (QED) is 0.811. The van der Waals surface area contributed by atoms with E-state index in [2.05, 4.69) is 20.8 Å². The van der Waals surface area contributed by atoms with Gasteiger partial charge in [-0.25, -0.2) is 0 Å². The Bertz CT molecular complexity index is 286. The number of cyclic esters (lactones) is 1. The van der Waals surface area contributed by atoms with Crippen molar-refractivity contribution in [2.45, 2.75) is 71.6 Å². The summed E-state index contributed by atoms with van der Waals surface area (Å²) in [6.07, 6.45) is 3.53. The smallest absolute Gasteiger partial charge is 0.323 e. The molecule has 0 aliphatic carbocycles. The number of esters is 1. The first-order chi connectivity index (χ1) is 8.95. The molecule has 0 aromatic carbocycles. The van der Waals surface area contributed by atoms with Crippen molar-refractivity contribution in [2.24, 2.45) is 17.6 Å². The van der Waals surface area contributed by atoms with E-state index in [1.165, 1.54) is 0 Å². The van der Waals surface area contributed by atoms with Gasteiger partial charge < -0.3 is 15.2 Å². The lowest BCUT2D eigenvalue weighted by atomic mass is 9.90. The van der Waals surface area contributed by atoms with Crippen LogP contribution in [0.2, 0.25) is 0 Å². The van der Waals surface area contributed by atoms with E-state index >= 15 is 0 Å². The third-order valence-corrected chi connectivity index (χ3v) is 3.77. The molecular weight excluding hydrogens is 278 g/mol. The molecule has 0 aromatic rings. The zero-order valence-corrected chi connectivity index (χ0v) is 13.9. The fraction of sp³-hybridized carbons (Fsp3) is 0.933. The van der Waals surface area contributed by atoms with Gasteiger partial charge in [0.15, 0.2) is 0 Å². The van der Waals surface area contributed by atoms with Gasteiger partial charge in [-0.2, -0.15) is 0 Å². The van der Waals surface area contributed by atoms with Gasteiger partial charge in [0, 0.05) is 6.61 Å². The highest BCUT2D eigenvalue weighted by Gasteiger charge is 2.32. The lowest BCUT2D eigenvalue weighted by Gasteiger charge is -2.31. The lowest BCUT2D eigenvalue weighted by Crippen LogP contribution is -2.40. The molecule has 1 fully saturated rings. The second-order valence-corrected chi connectivity index (χ2v) is 6.04. The minimum absolute atomic E-state index is 0. The molecule has 20 heavy (non-hydrogen) atoms. The van der Waals surface area contributed by atoms with Crippen LogP contribution in [0.25, 0.3) is 0 Å². The second kappa shape index (κ2) is 9.59. The van der Waals surface area contributed by atoms with Gasteiger partial charge in [-0.3, -0.25) is 4.79 Å². The van der Waals surface area contributed by atoms with Crippen LogP contribution >= 0.6 is 12.4 Å². The van der Waals surface area contributed by atoms with Crippen LogP contribution in [0.1, 0.15) is 53.4 Å². The molecule has 0 aromatic heterocycles. The molecule has 4 atom stereocenters.